The lowest BCUT2D eigenvalue weighted by atomic mass is 10.0. The highest BCUT2D eigenvalue weighted by molar-refractivity contribution is 5.77. The zero-order valence-electron chi connectivity index (χ0n) is 10.8. The second kappa shape index (κ2) is 6.45. The fourth-order valence-electron chi connectivity index (χ4n) is 1.82. The summed E-state index contributed by atoms with van der Waals surface area (Å²) in [6.45, 7) is 4.06. The standard InChI is InChI=1S/C17H17NO/c1-14-7-4-6-12-19-17-10-9-15(13-16(14)17)8-3-2-5-11-18/h2-7,9-13H,1,8,18H2/b3-2-,7-4-,11-5-,12-6-. The number of fused-ring (bicyclic) bond motifs is 1. The fraction of sp³-hybridized carbons (Fsp3) is 0.0588. The van der Waals surface area contributed by atoms with E-state index in [0.29, 0.717) is 0 Å². The van der Waals surface area contributed by atoms with Crippen LogP contribution in [0.5, 0.6) is 5.75 Å². The molecule has 0 saturated carbocycles. The van der Waals surface area contributed by atoms with E-state index in [1.807, 2.05) is 36.4 Å². The molecular weight excluding hydrogens is 234 g/mol. The molecule has 2 heteroatoms. The lowest BCUT2D eigenvalue weighted by molar-refractivity contribution is 0.479. The predicted octanol–water partition coefficient (Wildman–Crippen LogP) is 3.73. The molecule has 19 heavy (non-hydrogen) atoms. The summed E-state index contributed by atoms with van der Waals surface area (Å²) >= 11 is 0. The Hall–Kier alpha value is -2.48. The molecule has 1 aliphatic heterocycles. The van der Waals surface area contributed by atoms with Gasteiger partial charge in [-0.25, -0.2) is 0 Å². The maximum absolute atomic E-state index is 5.56. The number of benzene rings is 1. The number of allylic oxidation sites excluding steroid dienone is 7. The Morgan fingerprint density at radius 1 is 1.21 bits per heavy atom. The average Bonchev–Trinajstić information content (AvgIpc) is 2.42. The molecule has 0 radical (unpaired) electrons. The molecule has 0 amide bonds. The quantitative estimate of drug-likeness (QED) is 0.831. The first-order chi connectivity index (χ1) is 9.31. The number of ether oxygens (including phenoxy) is 1. The van der Waals surface area contributed by atoms with Gasteiger partial charge in [0.15, 0.2) is 0 Å². The van der Waals surface area contributed by atoms with Crippen molar-refractivity contribution in [1.29, 1.82) is 0 Å². The summed E-state index contributed by atoms with van der Waals surface area (Å²) < 4.78 is 5.56. The summed E-state index contributed by atoms with van der Waals surface area (Å²) in [5, 5.41) is 0. The summed E-state index contributed by atoms with van der Waals surface area (Å²) in [7, 11) is 0. The molecule has 0 spiro atoms. The van der Waals surface area contributed by atoms with E-state index in [0.717, 1.165) is 23.3 Å². The van der Waals surface area contributed by atoms with Crippen LogP contribution in [0.3, 0.4) is 0 Å². The van der Waals surface area contributed by atoms with Crippen molar-refractivity contribution in [3.05, 3.63) is 84.8 Å². The van der Waals surface area contributed by atoms with Gasteiger partial charge >= 0.3 is 0 Å². The van der Waals surface area contributed by atoms with Crippen molar-refractivity contribution in [3.8, 4) is 5.75 Å². The zero-order chi connectivity index (χ0) is 13.5. The van der Waals surface area contributed by atoms with Crippen LogP contribution in [0.1, 0.15) is 11.1 Å². The molecule has 1 aromatic rings. The second-order valence-corrected chi connectivity index (χ2v) is 4.18. The third-order valence-corrected chi connectivity index (χ3v) is 2.78. The van der Waals surface area contributed by atoms with Crippen LogP contribution in [0.4, 0.5) is 0 Å². The van der Waals surface area contributed by atoms with Gasteiger partial charge in [0.2, 0.25) is 0 Å². The van der Waals surface area contributed by atoms with Crippen LogP contribution in [0.15, 0.2) is 73.7 Å². The van der Waals surface area contributed by atoms with Crippen molar-refractivity contribution >= 4 is 5.57 Å². The minimum Gasteiger partial charge on any atom is -0.464 e. The number of nitrogens with two attached hydrogens (primary N) is 1. The van der Waals surface area contributed by atoms with E-state index < -0.39 is 0 Å². The lowest BCUT2D eigenvalue weighted by Gasteiger charge is -2.12. The number of hydrogen-bond acceptors (Lipinski definition) is 2. The number of hydrogen-bond donors (Lipinski definition) is 1. The molecule has 0 aromatic heterocycles. The van der Waals surface area contributed by atoms with Crippen molar-refractivity contribution in [2.75, 3.05) is 0 Å². The van der Waals surface area contributed by atoms with Crippen LogP contribution in [-0.4, -0.2) is 0 Å². The predicted molar refractivity (Wildman–Crippen MR) is 80.6 cm³/mol. The first kappa shape index (κ1) is 13.0. The summed E-state index contributed by atoms with van der Waals surface area (Å²) in [6, 6.07) is 6.14. The Kier molecular flexibility index (Phi) is 4.40. The fourth-order valence-corrected chi connectivity index (χ4v) is 1.82. The third-order valence-electron chi connectivity index (χ3n) is 2.78. The van der Waals surface area contributed by atoms with Crippen molar-refractivity contribution in [3.63, 3.8) is 0 Å². The van der Waals surface area contributed by atoms with E-state index in [4.69, 9.17) is 10.5 Å². The second-order valence-electron chi connectivity index (χ2n) is 4.18. The van der Waals surface area contributed by atoms with E-state index in [2.05, 4.69) is 24.8 Å². The highest BCUT2D eigenvalue weighted by atomic mass is 16.5. The van der Waals surface area contributed by atoms with Crippen molar-refractivity contribution in [1.82, 2.24) is 0 Å². The molecule has 2 nitrogen and oxygen atoms in total. The lowest BCUT2D eigenvalue weighted by Crippen LogP contribution is -1.93. The van der Waals surface area contributed by atoms with Crippen molar-refractivity contribution in [2.24, 2.45) is 5.73 Å². The largest absolute Gasteiger partial charge is 0.464 e. The molecule has 1 heterocycles. The molecule has 0 fully saturated rings. The van der Waals surface area contributed by atoms with Gasteiger partial charge in [-0.1, -0.05) is 36.9 Å². The minimum absolute atomic E-state index is 0.834. The first-order valence-electron chi connectivity index (χ1n) is 6.17. The Bertz CT molecular complexity index is 577. The smallest absolute Gasteiger partial charge is 0.134 e. The van der Waals surface area contributed by atoms with Gasteiger partial charge in [-0.2, -0.15) is 0 Å². The summed E-state index contributed by atoms with van der Waals surface area (Å²) in [6.07, 6.45) is 15.6. The highest BCUT2D eigenvalue weighted by Crippen LogP contribution is 2.28. The molecular formula is C17H17NO. The Labute approximate surface area is 113 Å². The summed E-state index contributed by atoms with van der Waals surface area (Å²) in [4.78, 5) is 0. The van der Waals surface area contributed by atoms with E-state index in [9.17, 15) is 0 Å². The molecule has 2 rings (SSSR count). The molecule has 2 N–H and O–H groups in total. The Balaban J connectivity index is 2.24. The van der Waals surface area contributed by atoms with Crippen LogP contribution in [0.2, 0.25) is 0 Å². The molecule has 96 valence electrons. The number of rotatable bonds is 3. The molecule has 0 atom stereocenters. The summed E-state index contributed by atoms with van der Waals surface area (Å²) in [5.74, 6) is 0.834. The maximum Gasteiger partial charge on any atom is 0.134 e. The average molecular weight is 251 g/mol. The third kappa shape index (κ3) is 3.49. The first-order valence-corrected chi connectivity index (χ1v) is 6.17. The monoisotopic (exact) mass is 251 g/mol. The zero-order valence-corrected chi connectivity index (χ0v) is 10.8. The van der Waals surface area contributed by atoms with Crippen LogP contribution in [0.25, 0.3) is 5.57 Å². The van der Waals surface area contributed by atoms with Gasteiger partial charge < -0.3 is 10.5 Å². The van der Waals surface area contributed by atoms with Gasteiger partial charge in [0.05, 0.1) is 6.26 Å². The summed E-state index contributed by atoms with van der Waals surface area (Å²) in [5.41, 5.74) is 8.47. The van der Waals surface area contributed by atoms with Crippen LogP contribution < -0.4 is 10.5 Å². The highest BCUT2D eigenvalue weighted by Gasteiger charge is 2.07. The van der Waals surface area contributed by atoms with Gasteiger partial charge in [0, 0.05) is 5.56 Å². The molecule has 0 saturated heterocycles. The van der Waals surface area contributed by atoms with Crippen LogP contribution in [0, 0.1) is 0 Å². The van der Waals surface area contributed by atoms with E-state index in [1.165, 1.54) is 11.8 Å². The van der Waals surface area contributed by atoms with Gasteiger partial charge in [0.25, 0.3) is 0 Å². The van der Waals surface area contributed by atoms with Crippen molar-refractivity contribution in [2.45, 2.75) is 6.42 Å². The van der Waals surface area contributed by atoms with Gasteiger partial charge in [-0.15, -0.1) is 0 Å². The molecule has 0 bridgehead atoms. The van der Waals surface area contributed by atoms with Gasteiger partial charge in [-0.05, 0) is 48.0 Å². The maximum atomic E-state index is 5.56. The SMILES string of the molecule is C=C1/C=C\C=C/Oc2ccc(C/C=C\C=C/N)cc21. The topological polar surface area (TPSA) is 35.2 Å². The van der Waals surface area contributed by atoms with E-state index >= 15 is 0 Å². The molecule has 1 aromatic carbocycles. The minimum atomic E-state index is 0.834. The van der Waals surface area contributed by atoms with Gasteiger partial charge in [-0.3, -0.25) is 0 Å². The van der Waals surface area contributed by atoms with Gasteiger partial charge in [0.1, 0.15) is 5.75 Å². The van der Waals surface area contributed by atoms with E-state index in [-0.39, 0.29) is 0 Å². The Morgan fingerprint density at radius 2 is 2.11 bits per heavy atom. The van der Waals surface area contributed by atoms with Crippen LogP contribution >= 0.6 is 0 Å². The normalized spacial score (nSPS) is 17.8. The Morgan fingerprint density at radius 3 is 2.95 bits per heavy atom. The van der Waals surface area contributed by atoms with E-state index in [1.54, 1.807) is 6.26 Å². The van der Waals surface area contributed by atoms with Crippen molar-refractivity contribution < 1.29 is 4.74 Å². The molecule has 1 aliphatic rings. The molecule has 0 unspecified atom stereocenters. The van der Waals surface area contributed by atoms with Crippen LogP contribution in [-0.2, 0) is 6.42 Å². The molecule has 0 aliphatic carbocycles.